The van der Waals surface area contributed by atoms with Crippen LogP contribution in [0.4, 0.5) is 0 Å². The van der Waals surface area contributed by atoms with Gasteiger partial charge in [-0.25, -0.2) is 0 Å². The molecule has 0 unspecified atom stereocenters. The molecular weight excluding hydrogens is 352 g/mol. The van der Waals surface area contributed by atoms with Crippen LogP contribution in [0.1, 0.15) is 72.1 Å². The Labute approximate surface area is 169 Å². The van der Waals surface area contributed by atoms with Crippen molar-refractivity contribution in [2.45, 2.75) is 84.3 Å². The van der Waals surface area contributed by atoms with Gasteiger partial charge in [0, 0.05) is 12.3 Å². The molecule has 4 aliphatic carbocycles. The van der Waals surface area contributed by atoms with E-state index in [1.54, 1.807) is 0 Å². The van der Waals surface area contributed by atoms with Crippen LogP contribution in [-0.4, -0.2) is 29.6 Å². The van der Waals surface area contributed by atoms with Gasteiger partial charge in [0.2, 0.25) is 0 Å². The molecule has 0 aromatic rings. The maximum atomic E-state index is 11.4. The molecule has 0 amide bonds. The lowest BCUT2D eigenvalue weighted by molar-refractivity contribution is -0.176. The summed E-state index contributed by atoms with van der Waals surface area (Å²) in [5.41, 5.74) is 0.683. The highest BCUT2D eigenvalue weighted by atomic mass is 16.5. The quantitative estimate of drug-likeness (QED) is 0.445. The first kappa shape index (κ1) is 20.1. The fourth-order valence-corrected chi connectivity index (χ4v) is 8.21. The molecule has 156 valence electrons. The van der Waals surface area contributed by atoms with E-state index in [0.29, 0.717) is 29.2 Å². The van der Waals surface area contributed by atoms with Crippen LogP contribution in [0, 0.1) is 40.4 Å². The third-order valence-electron chi connectivity index (χ3n) is 9.66. The predicted octanol–water partition coefficient (Wildman–Crippen LogP) is 4.30. The van der Waals surface area contributed by atoms with E-state index in [9.17, 15) is 14.7 Å². The zero-order valence-corrected chi connectivity index (χ0v) is 17.7. The first-order chi connectivity index (χ1) is 13.2. The molecule has 0 aromatic heterocycles. The number of fused-ring (bicyclic) bond motifs is 5. The minimum absolute atomic E-state index is 0.0673. The van der Waals surface area contributed by atoms with Crippen LogP contribution in [0.5, 0.6) is 0 Å². The average molecular weight is 389 g/mol. The first-order valence-electron chi connectivity index (χ1n) is 11.2. The van der Waals surface area contributed by atoms with Crippen molar-refractivity contribution in [1.29, 1.82) is 0 Å². The Morgan fingerprint density at radius 1 is 1.11 bits per heavy atom. The molecule has 1 N–H and O–H groups in total. The van der Waals surface area contributed by atoms with Gasteiger partial charge in [-0.05, 0) is 91.9 Å². The average Bonchev–Trinajstić information content (AvgIpc) is 3.01. The highest BCUT2D eigenvalue weighted by molar-refractivity contribution is 5.73. The second-order valence-corrected chi connectivity index (χ2v) is 10.6. The molecule has 4 aliphatic rings. The van der Waals surface area contributed by atoms with Gasteiger partial charge in [0.15, 0.2) is 0 Å². The Hall–Kier alpha value is -1.16. The van der Waals surface area contributed by atoms with Gasteiger partial charge in [-0.3, -0.25) is 9.59 Å². The number of allylic oxidation sites excluding steroid dienone is 1. The number of carbonyl (C=O) groups is 2. The molecule has 9 atom stereocenters. The predicted molar refractivity (Wildman–Crippen MR) is 107 cm³/mol. The fraction of sp³-hybridized carbons (Fsp3) is 0.833. The molecule has 0 bridgehead atoms. The summed E-state index contributed by atoms with van der Waals surface area (Å²) in [5.74, 6) is 2.16. The summed E-state index contributed by atoms with van der Waals surface area (Å²) in [6, 6.07) is 0. The molecule has 0 aliphatic heterocycles. The maximum Gasteiger partial charge on any atom is 0.302 e. The Morgan fingerprint density at radius 2 is 1.86 bits per heavy atom. The van der Waals surface area contributed by atoms with Crippen LogP contribution >= 0.6 is 0 Å². The van der Waals surface area contributed by atoms with Crippen LogP contribution in [0.2, 0.25) is 0 Å². The highest BCUT2D eigenvalue weighted by Crippen LogP contribution is 2.68. The largest absolute Gasteiger partial charge is 0.463 e. The molecule has 4 rings (SSSR count). The van der Waals surface area contributed by atoms with E-state index in [0.717, 1.165) is 44.8 Å². The van der Waals surface area contributed by atoms with Crippen LogP contribution in [0.3, 0.4) is 0 Å². The van der Waals surface area contributed by atoms with E-state index in [-0.39, 0.29) is 34.9 Å². The minimum Gasteiger partial charge on any atom is -0.463 e. The van der Waals surface area contributed by atoms with Gasteiger partial charge in [0.05, 0.1) is 6.10 Å². The van der Waals surface area contributed by atoms with Crippen molar-refractivity contribution in [1.82, 2.24) is 0 Å². The number of aliphatic hydroxyl groups is 1. The maximum absolute atomic E-state index is 11.4. The van der Waals surface area contributed by atoms with E-state index >= 15 is 0 Å². The van der Waals surface area contributed by atoms with Gasteiger partial charge < -0.3 is 9.84 Å². The monoisotopic (exact) mass is 388 g/mol. The lowest BCUT2D eigenvalue weighted by Crippen LogP contribution is -2.58. The van der Waals surface area contributed by atoms with Gasteiger partial charge >= 0.3 is 5.97 Å². The zero-order valence-electron chi connectivity index (χ0n) is 17.7. The lowest BCUT2D eigenvalue weighted by Gasteiger charge is -2.62. The number of esters is 1. The molecule has 4 nitrogen and oxygen atoms in total. The summed E-state index contributed by atoms with van der Waals surface area (Å²) >= 11 is 0. The smallest absolute Gasteiger partial charge is 0.302 e. The van der Waals surface area contributed by atoms with Gasteiger partial charge in [-0.15, -0.1) is 0 Å². The van der Waals surface area contributed by atoms with Crippen LogP contribution in [0.15, 0.2) is 12.2 Å². The third kappa shape index (κ3) is 2.81. The van der Waals surface area contributed by atoms with Crippen molar-refractivity contribution in [2.24, 2.45) is 40.4 Å². The van der Waals surface area contributed by atoms with Crippen LogP contribution in [0.25, 0.3) is 0 Å². The summed E-state index contributed by atoms with van der Waals surface area (Å²) in [6.07, 6.45) is 8.91. The third-order valence-corrected chi connectivity index (χ3v) is 9.66. The van der Waals surface area contributed by atoms with Crippen molar-refractivity contribution in [2.75, 3.05) is 0 Å². The molecule has 0 spiro atoms. The van der Waals surface area contributed by atoms with Gasteiger partial charge in [-0.1, -0.05) is 20.4 Å². The fourth-order valence-electron chi connectivity index (χ4n) is 8.21. The molecule has 4 saturated carbocycles. The molecule has 0 aromatic carbocycles. The SMILES string of the molecule is C=C(C=O)[C@H]1CC[C@H]2[C@@H]3CC[C@@H]4C[C@@H](OC(C)=O)CC[C@]4(C)[C@H]3C[C@H](O)[C@]12C. The van der Waals surface area contributed by atoms with Crippen molar-refractivity contribution in [3.05, 3.63) is 12.2 Å². The molecular formula is C24H36O4. The Balaban J connectivity index is 1.58. The Bertz CT molecular complexity index is 672. The van der Waals surface area contributed by atoms with Gasteiger partial charge in [0.25, 0.3) is 0 Å². The second kappa shape index (κ2) is 6.97. The Kier molecular flexibility index (Phi) is 5.01. The van der Waals surface area contributed by atoms with Crippen molar-refractivity contribution < 1.29 is 19.4 Å². The van der Waals surface area contributed by atoms with E-state index in [1.807, 2.05) is 0 Å². The Morgan fingerprint density at radius 3 is 2.54 bits per heavy atom. The summed E-state index contributed by atoms with van der Waals surface area (Å²) < 4.78 is 5.55. The molecule has 4 heteroatoms. The van der Waals surface area contributed by atoms with E-state index in [4.69, 9.17) is 4.74 Å². The molecule has 0 heterocycles. The number of aliphatic hydroxyl groups excluding tert-OH is 1. The lowest BCUT2D eigenvalue weighted by atomic mass is 9.44. The van der Waals surface area contributed by atoms with E-state index in [1.165, 1.54) is 19.8 Å². The van der Waals surface area contributed by atoms with Gasteiger partial charge in [-0.2, -0.15) is 0 Å². The molecule has 0 radical (unpaired) electrons. The van der Waals surface area contributed by atoms with Crippen LogP contribution in [-0.2, 0) is 14.3 Å². The van der Waals surface area contributed by atoms with Crippen molar-refractivity contribution >= 4 is 12.3 Å². The topological polar surface area (TPSA) is 63.6 Å². The summed E-state index contributed by atoms with van der Waals surface area (Å²) in [5, 5.41) is 11.3. The van der Waals surface area contributed by atoms with Crippen molar-refractivity contribution in [3.63, 3.8) is 0 Å². The molecule has 4 fully saturated rings. The van der Waals surface area contributed by atoms with Crippen molar-refractivity contribution in [3.8, 4) is 0 Å². The number of aldehydes is 1. The second-order valence-electron chi connectivity index (χ2n) is 10.6. The standard InChI is InChI=1S/C24H36O4/c1-14(13-25)19-7-8-20-18-6-5-16-11-17(28-15(2)26)9-10-23(16,3)21(18)12-22(27)24(19,20)4/h13,16-22,27H,1,5-12H2,2-4H3/t16-,17+,18+,19-,20+,21+,22+,23+,24-/m1/s1. The number of hydrogen-bond donors (Lipinski definition) is 1. The van der Waals surface area contributed by atoms with E-state index < -0.39 is 0 Å². The number of carbonyl (C=O) groups excluding carboxylic acids is 2. The molecule has 28 heavy (non-hydrogen) atoms. The summed E-state index contributed by atoms with van der Waals surface area (Å²) in [7, 11) is 0. The summed E-state index contributed by atoms with van der Waals surface area (Å²) in [6.45, 7) is 10.2. The van der Waals surface area contributed by atoms with E-state index in [2.05, 4.69) is 20.4 Å². The number of hydrogen-bond acceptors (Lipinski definition) is 4. The highest BCUT2D eigenvalue weighted by Gasteiger charge is 2.63. The number of ether oxygens (including phenoxy) is 1. The zero-order chi connectivity index (χ0) is 20.3. The number of rotatable bonds is 3. The van der Waals surface area contributed by atoms with Gasteiger partial charge in [0.1, 0.15) is 12.4 Å². The minimum atomic E-state index is -0.371. The van der Waals surface area contributed by atoms with Crippen LogP contribution < -0.4 is 0 Å². The normalized spacial score (nSPS) is 50.1. The molecule has 0 saturated heterocycles. The first-order valence-corrected chi connectivity index (χ1v) is 11.2. The summed E-state index contributed by atoms with van der Waals surface area (Å²) in [4.78, 5) is 22.8.